The molecule has 0 bridgehead atoms. The van der Waals surface area contributed by atoms with Crippen molar-refractivity contribution in [2.24, 2.45) is 0 Å². The van der Waals surface area contributed by atoms with E-state index >= 15 is 0 Å². The maximum atomic E-state index is 14.2. The number of carbonyl (C=O) groups is 3. The summed E-state index contributed by atoms with van der Waals surface area (Å²) < 4.78 is 55.6. The first-order valence-electron chi connectivity index (χ1n) is 9.75. The van der Waals surface area contributed by atoms with Crippen molar-refractivity contribution < 1.29 is 41.4 Å². The van der Waals surface area contributed by atoms with Gasteiger partial charge in [0.1, 0.15) is 11.6 Å². The van der Waals surface area contributed by atoms with E-state index in [1.54, 1.807) is 0 Å². The maximum absolute atomic E-state index is 14.2. The van der Waals surface area contributed by atoms with Crippen LogP contribution in [0.5, 0.6) is 5.75 Å². The van der Waals surface area contributed by atoms with Crippen LogP contribution in [0.2, 0.25) is 0 Å². The van der Waals surface area contributed by atoms with Gasteiger partial charge in [0.2, 0.25) is 10.0 Å². The molecule has 176 valence electrons. The highest BCUT2D eigenvalue weighted by atomic mass is 32.2. The Morgan fingerprint density at radius 3 is 2.39 bits per heavy atom. The second kappa shape index (κ2) is 10.5. The van der Waals surface area contributed by atoms with Gasteiger partial charge in [0.25, 0.3) is 11.8 Å². The molecule has 0 aromatic heterocycles. The van der Waals surface area contributed by atoms with Crippen LogP contribution < -0.4 is 10.1 Å². The summed E-state index contributed by atoms with van der Waals surface area (Å²) in [6, 6.07) is 8.64. The van der Waals surface area contributed by atoms with Crippen molar-refractivity contribution in [3.8, 4) is 5.75 Å². The van der Waals surface area contributed by atoms with E-state index in [4.69, 9.17) is 14.2 Å². The molecule has 10 nitrogen and oxygen atoms in total. The van der Waals surface area contributed by atoms with Crippen LogP contribution in [0.1, 0.15) is 20.7 Å². The molecule has 0 atom stereocenters. The summed E-state index contributed by atoms with van der Waals surface area (Å²) in [6.45, 7) is -0.177. The first-order valence-corrected chi connectivity index (χ1v) is 11.2. The quantitative estimate of drug-likeness (QED) is 0.581. The summed E-state index contributed by atoms with van der Waals surface area (Å²) in [5.74, 6) is -3.42. The summed E-state index contributed by atoms with van der Waals surface area (Å²) in [5.41, 5.74) is -0.485. The molecule has 1 N–H and O–H groups in total. The Morgan fingerprint density at radius 2 is 1.76 bits per heavy atom. The minimum atomic E-state index is -3.97. The predicted molar refractivity (Wildman–Crippen MR) is 112 cm³/mol. The summed E-state index contributed by atoms with van der Waals surface area (Å²) in [6.07, 6.45) is 0. The Morgan fingerprint density at radius 1 is 1.09 bits per heavy atom. The third kappa shape index (κ3) is 5.92. The fourth-order valence-electron chi connectivity index (χ4n) is 2.94. The van der Waals surface area contributed by atoms with Crippen molar-refractivity contribution in [2.75, 3.05) is 40.0 Å². The molecule has 12 heteroatoms. The molecule has 3 rings (SSSR count). The highest BCUT2D eigenvalue weighted by Crippen LogP contribution is 2.21. The molecular weight excluding hydrogens is 459 g/mol. The summed E-state index contributed by atoms with van der Waals surface area (Å²) in [4.78, 5) is 36.0. The van der Waals surface area contributed by atoms with E-state index in [0.29, 0.717) is 5.75 Å². The van der Waals surface area contributed by atoms with Gasteiger partial charge in [-0.15, -0.1) is 0 Å². The van der Waals surface area contributed by atoms with Gasteiger partial charge in [0.15, 0.2) is 6.61 Å². The van der Waals surface area contributed by atoms with E-state index in [-0.39, 0.29) is 36.8 Å². The van der Waals surface area contributed by atoms with Crippen LogP contribution in [0.4, 0.5) is 4.39 Å². The lowest BCUT2D eigenvalue weighted by atomic mass is 10.2. The number of ether oxygens (including phenoxy) is 3. The van der Waals surface area contributed by atoms with Gasteiger partial charge in [0, 0.05) is 18.7 Å². The molecule has 0 radical (unpaired) electrons. The number of morpholine rings is 1. The van der Waals surface area contributed by atoms with E-state index in [1.807, 2.05) is 5.32 Å². The summed E-state index contributed by atoms with van der Waals surface area (Å²) >= 11 is 0. The standard InChI is InChI=1S/C21H21FN2O8S/c1-30-15-4-2-14(3-5-15)20(26)23-19(25)13-32-21(27)17-12-16(6-7-18(17)22)33(28,29)24-8-10-31-11-9-24/h2-7,12H,8-11,13H2,1H3,(H,23,25,26). The van der Waals surface area contributed by atoms with Crippen molar-refractivity contribution in [3.63, 3.8) is 0 Å². The molecule has 33 heavy (non-hydrogen) atoms. The number of rotatable bonds is 7. The largest absolute Gasteiger partial charge is 0.497 e. The molecule has 1 aliphatic heterocycles. The minimum absolute atomic E-state index is 0.127. The van der Waals surface area contributed by atoms with Crippen LogP contribution in [0, 0.1) is 5.82 Å². The summed E-state index contributed by atoms with van der Waals surface area (Å²) in [5, 5.41) is 2.03. The normalized spacial score (nSPS) is 14.4. The predicted octanol–water partition coefficient (Wildman–Crippen LogP) is 0.969. The van der Waals surface area contributed by atoms with E-state index in [2.05, 4.69) is 0 Å². The zero-order valence-electron chi connectivity index (χ0n) is 17.6. The van der Waals surface area contributed by atoms with Gasteiger partial charge in [0.05, 0.1) is 30.8 Å². The SMILES string of the molecule is COc1ccc(C(=O)NC(=O)COC(=O)c2cc(S(=O)(=O)N3CCOCC3)ccc2F)cc1. The number of imide groups is 1. The molecule has 2 aromatic rings. The average Bonchev–Trinajstić information content (AvgIpc) is 2.83. The lowest BCUT2D eigenvalue weighted by Crippen LogP contribution is -2.40. The van der Waals surface area contributed by atoms with Crippen LogP contribution in [0.3, 0.4) is 0 Å². The Hall–Kier alpha value is -3.35. The highest BCUT2D eigenvalue weighted by Gasteiger charge is 2.28. The maximum Gasteiger partial charge on any atom is 0.341 e. The van der Waals surface area contributed by atoms with Crippen LogP contribution in [0.25, 0.3) is 0 Å². The zero-order valence-corrected chi connectivity index (χ0v) is 18.4. The number of hydrogen-bond acceptors (Lipinski definition) is 8. The molecule has 1 saturated heterocycles. The van der Waals surface area contributed by atoms with Gasteiger partial charge in [-0.25, -0.2) is 17.6 Å². The van der Waals surface area contributed by atoms with Crippen molar-refractivity contribution >= 4 is 27.8 Å². The summed E-state index contributed by atoms with van der Waals surface area (Å²) in [7, 11) is -2.51. The Labute approximate surface area is 189 Å². The second-order valence-corrected chi connectivity index (χ2v) is 8.78. The lowest BCUT2D eigenvalue weighted by molar-refractivity contribution is -0.123. The van der Waals surface area contributed by atoms with Gasteiger partial charge >= 0.3 is 5.97 Å². The van der Waals surface area contributed by atoms with E-state index in [9.17, 15) is 27.2 Å². The molecule has 0 aliphatic carbocycles. The number of nitrogens with zero attached hydrogens (tertiary/aromatic N) is 1. The number of halogens is 1. The topological polar surface area (TPSA) is 128 Å². The van der Waals surface area contributed by atoms with E-state index in [0.717, 1.165) is 22.5 Å². The van der Waals surface area contributed by atoms with E-state index < -0.39 is 45.8 Å². The fourth-order valence-corrected chi connectivity index (χ4v) is 4.38. The van der Waals surface area contributed by atoms with Crippen molar-refractivity contribution in [2.45, 2.75) is 4.90 Å². The van der Waals surface area contributed by atoms with Gasteiger partial charge in [-0.3, -0.25) is 14.9 Å². The first-order chi connectivity index (χ1) is 15.7. The third-order valence-corrected chi connectivity index (χ3v) is 6.60. The molecule has 0 saturated carbocycles. The Bertz CT molecular complexity index is 1150. The monoisotopic (exact) mass is 480 g/mol. The van der Waals surface area contributed by atoms with Crippen molar-refractivity contribution in [3.05, 3.63) is 59.4 Å². The first kappa shape index (κ1) is 24.3. The highest BCUT2D eigenvalue weighted by molar-refractivity contribution is 7.89. The van der Waals surface area contributed by atoms with Crippen LogP contribution >= 0.6 is 0 Å². The van der Waals surface area contributed by atoms with Crippen LogP contribution in [0.15, 0.2) is 47.4 Å². The van der Waals surface area contributed by atoms with Crippen LogP contribution in [-0.2, 0) is 24.3 Å². The Kier molecular flexibility index (Phi) is 7.74. The Balaban J connectivity index is 1.63. The second-order valence-electron chi connectivity index (χ2n) is 6.84. The number of nitrogens with one attached hydrogen (secondary N) is 1. The number of carbonyl (C=O) groups excluding carboxylic acids is 3. The lowest BCUT2D eigenvalue weighted by Gasteiger charge is -2.26. The number of esters is 1. The number of sulfonamides is 1. The van der Waals surface area contributed by atoms with Gasteiger partial charge < -0.3 is 14.2 Å². The molecule has 0 unspecified atom stereocenters. The van der Waals surface area contributed by atoms with Gasteiger partial charge in [-0.2, -0.15) is 4.31 Å². The fraction of sp³-hybridized carbons (Fsp3) is 0.286. The van der Waals surface area contributed by atoms with Crippen molar-refractivity contribution in [1.82, 2.24) is 9.62 Å². The molecule has 2 aromatic carbocycles. The molecular formula is C21H21FN2O8S. The molecule has 1 heterocycles. The number of amides is 2. The average molecular weight is 480 g/mol. The number of methoxy groups -OCH3 is 1. The number of benzene rings is 2. The molecule has 2 amide bonds. The molecule has 0 spiro atoms. The van der Waals surface area contributed by atoms with E-state index in [1.165, 1.54) is 31.4 Å². The minimum Gasteiger partial charge on any atom is -0.497 e. The molecule has 1 fully saturated rings. The van der Waals surface area contributed by atoms with Gasteiger partial charge in [-0.05, 0) is 42.5 Å². The molecule has 1 aliphatic rings. The third-order valence-electron chi connectivity index (χ3n) is 4.71. The zero-order chi connectivity index (χ0) is 24.0. The smallest absolute Gasteiger partial charge is 0.341 e. The number of hydrogen-bond donors (Lipinski definition) is 1. The van der Waals surface area contributed by atoms with Crippen molar-refractivity contribution in [1.29, 1.82) is 0 Å². The van der Waals surface area contributed by atoms with Gasteiger partial charge in [-0.1, -0.05) is 0 Å². The van der Waals surface area contributed by atoms with Crippen LogP contribution in [-0.4, -0.2) is 70.5 Å².